The van der Waals surface area contributed by atoms with Crippen molar-refractivity contribution in [3.8, 4) is 0 Å². The zero-order valence-corrected chi connectivity index (χ0v) is 5.93. The molecule has 10 heavy (non-hydrogen) atoms. The van der Waals surface area contributed by atoms with Gasteiger partial charge in [-0.05, 0) is 24.5 Å². The molecule has 0 atom stereocenters. The lowest BCUT2D eigenvalue weighted by atomic mass is 10.0. The average Bonchev–Trinajstić information content (AvgIpc) is 2.05. The van der Waals surface area contributed by atoms with Crippen LogP contribution < -0.4 is 10.6 Å². The summed E-state index contributed by atoms with van der Waals surface area (Å²) in [6, 6.07) is 0. The quantitative estimate of drug-likeness (QED) is 0.521. The van der Waals surface area contributed by atoms with Crippen molar-refractivity contribution in [2.45, 2.75) is 12.8 Å². The summed E-state index contributed by atoms with van der Waals surface area (Å²) in [5.41, 5.74) is 2.80. The van der Waals surface area contributed by atoms with Crippen LogP contribution in [-0.2, 0) is 0 Å². The second-order valence-electron chi connectivity index (χ2n) is 2.70. The smallest absolute Gasteiger partial charge is 0.0622 e. The highest BCUT2D eigenvalue weighted by Crippen LogP contribution is 2.16. The second kappa shape index (κ2) is 2.37. The molecule has 0 aromatic heterocycles. The van der Waals surface area contributed by atoms with E-state index < -0.39 is 0 Å². The molecule has 1 radical (unpaired) electrons. The number of allylic oxidation sites excluding steroid dienone is 1. The lowest BCUT2D eigenvalue weighted by molar-refractivity contribution is 0.641. The molecule has 0 bridgehead atoms. The van der Waals surface area contributed by atoms with Crippen LogP contribution in [0.15, 0.2) is 23.5 Å². The predicted molar refractivity (Wildman–Crippen MR) is 40.4 cm³/mol. The van der Waals surface area contributed by atoms with E-state index in [1.807, 2.05) is 6.20 Å². The SMILES string of the molecule is C1=CC2=C(CCCN2)C[N]1. The van der Waals surface area contributed by atoms with Crippen LogP contribution in [0.2, 0.25) is 0 Å². The summed E-state index contributed by atoms with van der Waals surface area (Å²) in [4.78, 5) is 0. The number of nitrogens with zero attached hydrogens (tertiary/aromatic N) is 1. The zero-order valence-electron chi connectivity index (χ0n) is 5.93. The van der Waals surface area contributed by atoms with E-state index in [1.165, 1.54) is 24.1 Å². The fourth-order valence-electron chi connectivity index (χ4n) is 1.42. The standard InChI is InChI=1S/C8H11N2/c1-2-7-6-9-5-3-8(7)10-4-1/h3,5,10H,1-2,4,6H2. The van der Waals surface area contributed by atoms with Gasteiger partial charge in [0.05, 0.1) is 6.54 Å². The summed E-state index contributed by atoms with van der Waals surface area (Å²) in [7, 11) is 0. The van der Waals surface area contributed by atoms with Crippen molar-refractivity contribution in [1.82, 2.24) is 10.6 Å². The minimum Gasteiger partial charge on any atom is -0.385 e. The van der Waals surface area contributed by atoms with Gasteiger partial charge in [-0.15, -0.1) is 0 Å². The fourth-order valence-corrected chi connectivity index (χ4v) is 1.42. The Bertz CT molecular complexity index is 191. The van der Waals surface area contributed by atoms with E-state index in [-0.39, 0.29) is 0 Å². The Labute approximate surface area is 61.0 Å². The zero-order chi connectivity index (χ0) is 6.81. The van der Waals surface area contributed by atoms with E-state index in [0.717, 1.165) is 13.1 Å². The van der Waals surface area contributed by atoms with Gasteiger partial charge < -0.3 is 5.32 Å². The Balaban J connectivity index is 2.23. The Hall–Kier alpha value is -0.920. The molecule has 1 N–H and O–H groups in total. The first-order chi connectivity index (χ1) is 4.97. The summed E-state index contributed by atoms with van der Waals surface area (Å²) < 4.78 is 0. The summed E-state index contributed by atoms with van der Waals surface area (Å²) in [5.74, 6) is 0. The van der Waals surface area contributed by atoms with Gasteiger partial charge in [0.15, 0.2) is 0 Å². The second-order valence-corrected chi connectivity index (χ2v) is 2.70. The van der Waals surface area contributed by atoms with Gasteiger partial charge in [-0.2, -0.15) is 0 Å². The van der Waals surface area contributed by atoms with Gasteiger partial charge in [0.2, 0.25) is 0 Å². The molecular formula is C8H11N2. The maximum atomic E-state index is 4.18. The van der Waals surface area contributed by atoms with Crippen molar-refractivity contribution in [2.75, 3.05) is 13.1 Å². The van der Waals surface area contributed by atoms with Crippen molar-refractivity contribution in [2.24, 2.45) is 0 Å². The molecule has 2 heteroatoms. The molecule has 2 nitrogen and oxygen atoms in total. The molecule has 53 valence electrons. The third-order valence-electron chi connectivity index (χ3n) is 1.98. The molecule has 0 saturated carbocycles. The topological polar surface area (TPSA) is 26.1 Å². The lowest BCUT2D eigenvalue weighted by Gasteiger charge is -2.21. The molecule has 0 amide bonds. The minimum atomic E-state index is 0.916. The van der Waals surface area contributed by atoms with Gasteiger partial charge in [0, 0.05) is 18.4 Å². The fraction of sp³-hybridized carbons (Fsp3) is 0.500. The largest absolute Gasteiger partial charge is 0.385 e. The van der Waals surface area contributed by atoms with E-state index in [0.29, 0.717) is 0 Å². The molecule has 0 unspecified atom stereocenters. The maximum Gasteiger partial charge on any atom is 0.0622 e. The first-order valence-electron chi connectivity index (χ1n) is 3.76. The van der Waals surface area contributed by atoms with Gasteiger partial charge in [-0.3, -0.25) is 5.32 Å². The summed E-state index contributed by atoms with van der Waals surface area (Å²) in [5, 5.41) is 7.54. The van der Waals surface area contributed by atoms with Gasteiger partial charge in [0.25, 0.3) is 0 Å². The van der Waals surface area contributed by atoms with Crippen LogP contribution in [0, 0.1) is 0 Å². The van der Waals surface area contributed by atoms with Crippen LogP contribution in [-0.4, -0.2) is 13.1 Å². The van der Waals surface area contributed by atoms with Gasteiger partial charge in [-0.25, -0.2) is 0 Å². The number of rotatable bonds is 0. The number of hydrogen-bond donors (Lipinski definition) is 1. The molecule has 0 aromatic rings. The minimum absolute atomic E-state index is 0.916. The normalized spacial score (nSPS) is 23.2. The van der Waals surface area contributed by atoms with E-state index in [4.69, 9.17) is 0 Å². The van der Waals surface area contributed by atoms with E-state index in [1.54, 1.807) is 0 Å². The monoisotopic (exact) mass is 135 g/mol. The molecule has 0 spiro atoms. The average molecular weight is 135 g/mol. The summed E-state index contributed by atoms with van der Waals surface area (Å²) in [6.45, 7) is 2.04. The van der Waals surface area contributed by atoms with Crippen molar-refractivity contribution in [3.63, 3.8) is 0 Å². The van der Waals surface area contributed by atoms with Gasteiger partial charge >= 0.3 is 0 Å². The predicted octanol–water partition coefficient (Wildman–Crippen LogP) is 0.756. The van der Waals surface area contributed by atoms with Crippen molar-refractivity contribution >= 4 is 0 Å². The Kier molecular flexibility index (Phi) is 1.38. The van der Waals surface area contributed by atoms with E-state index in [2.05, 4.69) is 16.7 Å². The number of nitrogens with one attached hydrogen (secondary N) is 1. The van der Waals surface area contributed by atoms with Gasteiger partial charge in [0.1, 0.15) is 0 Å². The third-order valence-corrected chi connectivity index (χ3v) is 1.98. The van der Waals surface area contributed by atoms with E-state index in [9.17, 15) is 0 Å². The van der Waals surface area contributed by atoms with Crippen LogP contribution in [0.3, 0.4) is 0 Å². The van der Waals surface area contributed by atoms with Crippen molar-refractivity contribution in [1.29, 1.82) is 0 Å². The highest BCUT2D eigenvalue weighted by molar-refractivity contribution is 5.29. The van der Waals surface area contributed by atoms with Crippen LogP contribution >= 0.6 is 0 Å². The first-order valence-corrected chi connectivity index (χ1v) is 3.76. The highest BCUT2D eigenvalue weighted by Gasteiger charge is 2.11. The maximum absolute atomic E-state index is 4.18. The van der Waals surface area contributed by atoms with Crippen LogP contribution in [0.5, 0.6) is 0 Å². The van der Waals surface area contributed by atoms with Crippen LogP contribution in [0.25, 0.3) is 0 Å². The summed E-state index contributed by atoms with van der Waals surface area (Å²) >= 11 is 0. The molecule has 0 saturated heterocycles. The summed E-state index contributed by atoms with van der Waals surface area (Å²) in [6.07, 6.45) is 6.45. The van der Waals surface area contributed by atoms with Crippen molar-refractivity contribution in [3.05, 3.63) is 23.5 Å². The Morgan fingerprint density at radius 3 is 3.40 bits per heavy atom. The van der Waals surface area contributed by atoms with Crippen LogP contribution in [0.1, 0.15) is 12.8 Å². The van der Waals surface area contributed by atoms with Gasteiger partial charge in [-0.1, -0.05) is 0 Å². The molecule has 0 aliphatic carbocycles. The number of hydrogen-bond acceptors (Lipinski definition) is 1. The molecule has 2 aliphatic rings. The van der Waals surface area contributed by atoms with Crippen molar-refractivity contribution < 1.29 is 0 Å². The molecule has 2 rings (SSSR count). The molecule has 2 aliphatic heterocycles. The molecule has 0 aromatic carbocycles. The van der Waals surface area contributed by atoms with E-state index >= 15 is 0 Å². The molecular weight excluding hydrogens is 124 g/mol. The molecule has 0 fully saturated rings. The van der Waals surface area contributed by atoms with Crippen LogP contribution in [0.4, 0.5) is 0 Å². The Morgan fingerprint density at radius 1 is 1.50 bits per heavy atom. The Morgan fingerprint density at radius 2 is 2.50 bits per heavy atom. The highest BCUT2D eigenvalue weighted by atomic mass is 14.9. The lowest BCUT2D eigenvalue weighted by Crippen LogP contribution is -2.25. The first kappa shape index (κ1) is 5.83. The molecule has 2 heterocycles. The third kappa shape index (κ3) is 0.897.